The maximum atomic E-state index is 12.9. The summed E-state index contributed by atoms with van der Waals surface area (Å²) in [5.74, 6) is -1.38. The Hall–Kier alpha value is -3.68. The minimum atomic E-state index is -1.18. The first-order valence-corrected chi connectivity index (χ1v) is 8.61. The molecule has 0 aliphatic carbocycles. The lowest BCUT2D eigenvalue weighted by molar-refractivity contribution is -0.130. The number of furan rings is 1. The summed E-state index contributed by atoms with van der Waals surface area (Å²) < 4.78 is 10.8. The molecule has 0 radical (unpaired) electrons. The van der Waals surface area contributed by atoms with Crippen molar-refractivity contribution in [1.82, 2.24) is 10.3 Å². The molecule has 1 aromatic carbocycles. The molecule has 8 heteroatoms. The zero-order valence-corrected chi connectivity index (χ0v) is 15.3. The average molecular weight is 381 g/mol. The number of carbonyl (C=O) groups excluding carboxylic acids is 3. The lowest BCUT2D eigenvalue weighted by Gasteiger charge is -2.20. The number of para-hydroxylation sites is 1. The van der Waals surface area contributed by atoms with Crippen LogP contribution in [0.1, 0.15) is 24.2 Å². The highest BCUT2D eigenvalue weighted by Crippen LogP contribution is 2.26. The minimum absolute atomic E-state index is 0.231. The number of ether oxygens (including phenoxy) is 1. The number of benzene rings is 1. The molecule has 3 amide bonds. The van der Waals surface area contributed by atoms with E-state index >= 15 is 0 Å². The molecule has 0 aliphatic rings. The Bertz CT molecular complexity index is 1030. The zero-order chi connectivity index (χ0) is 20.3. The van der Waals surface area contributed by atoms with E-state index in [4.69, 9.17) is 14.9 Å². The van der Waals surface area contributed by atoms with E-state index in [1.807, 2.05) is 5.32 Å². The quantitative estimate of drug-likeness (QED) is 0.655. The van der Waals surface area contributed by atoms with Gasteiger partial charge < -0.3 is 14.9 Å². The van der Waals surface area contributed by atoms with Crippen LogP contribution in [-0.2, 0) is 9.53 Å². The Labute approximate surface area is 160 Å². The first-order chi connectivity index (χ1) is 13.4. The van der Waals surface area contributed by atoms with Gasteiger partial charge in [0.05, 0.1) is 17.3 Å². The molecule has 3 N–H and O–H groups in total. The number of esters is 1. The van der Waals surface area contributed by atoms with Crippen molar-refractivity contribution in [3.63, 3.8) is 0 Å². The van der Waals surface area contributed by atoms with Gasteiger partial charge >= 0.3 is 12.0 Å². The SMILES string of the molecule is CC(C)[C@@H](OC(=O)c1cc(-c2ccco2)nc2ccccc12)C(=O)NC(N)=O. The monoisotopic (exact) mass is 381 g/mol. The fourth-order valence-electron chi connectivity index (χ4n) is 2.76. The first kappa shape index (κ1) is 19.1. The largest absolute Gasteiger partial charge is 0.463 e. The van der Waals surface area contributed by atoms with E-state index < -0.39 is 24.0 Å². The van der Waals surface area contributed by atoms with Gasteiger partial charge in [-0.1, -0.05) is 32.0 Å². The lowest BCUT2D eigenvalue weighted by atomic mass is 10.0. The van der Waals surface area contributed by atoms with Crippen LogP contribution >= 0.6 is 0 Å². The minimum Gasteiger partial charge on any atom is -0.463 e. The summed E-state index contributed by atoms with van der Waals surface area (Å²) >= 11 is 0. The Kier molecular flexibility index (Phi) is 5.39. The molecule has 0 saturated carbocycles. The van der Waals surface area contributed by atoms with E-state index in [9.17, 15) is 14.4 Å². The van der Waals surface area contributed by atoms with Crippen molar-refractivity contribution in [2.45, 2.75) is 20.0 Å². The number of nitrogens with two attached hydrogens (primary N) is 1. The maximum absolute atomic E-state index is 12.9. The second-order valence-electron chi connectivity index (χ2n) is 6.47. The zero-order valence-electron chi connectivity index (χ0n) is 15.3. The molecular weight excluding hydrogens is 362 g/mol. The third-order valence-corrected chi connectivity index (χ3v) is 4.05. The van der Waals surface area contributed by atoms with Gasteiger partial charge in [0, 0.05) is 5.39 Å². The van der Waals surface area contributed by atoms with Crippen molar-refractivity contribution in [3.05, 3.63) is 54.3 Å². The molecule has 0 saturated heterocycles. The van der Waals surface area contributed by atoms with Gasteiger partial charge in [-0.2, -0.15) is 0 Å². The number of aromatic nitrogens is 1. The summed E-state index contributed by atoms with van der Waals surface area (Å²) in [5, 5.41) is 2.52. The summed E-state index contributed by atoms with van der Waals surface area (Å²) in [6.45, 7) is 3.38. The second-order valence-corrected chi connectivity index (χ2v) is 6.47. The highest BCUT2D eigenvalue weighted by molar-refractivity contribution is 6.05. The summed E-state index contributed by atoms with van der Waals surface area (Å²) in [4.78, 5) is 40.6. The topological polar surface area (TPSA) is 125 Å². The number of nitrogens with one attached hydrogen (secondary N) is 1. The number of fused-ring (bicyclic) bond motifs is 1. The van der Waals surface area contributed by atoms with Crippen LogP contribution < -0.4 is 11.1 Å². The van der Waals surface area contributed by atoms with E-state index in [1.165, 1.54) is 6.26 Å². The summed E-state index contributed by atoms with van der Waals surface area (Å²) in [5.41, 5.74) is 6.25. The van der Waals surface area contributed by atoms with Gasteiger partial charge in [-0.15, -0.1) is 0 Å². The van der Waals surface area contributed by atoms with Crippen LogP contribution in [0.4, 0.5) is 4.79 Å². The van der Waals surface area contributed by atoms with Gasteiger partial charge in [0.25, 0.3) is 5.91 Å². The number of primary amides is 1. The summed E-state index contributed by atoms with van der Waals surface area (Å²) in [6.07, 6.45) is 0.326. The van der Waals surface area contributed by atoms with E-state index in [0.717, 1.165) is 0 Å². The van der Waals surface area contributed by atoms with Crippen molar-refractivity contribution in [2.24, 2.45) is 11.7 Å². The van der Waals surface area contributed by atoms with E-state index in [0.29, 0.717) is 22.4 Å². The second kappa shape index (κ2) is 7.91. The number of imide groups is 1. The average Bonchev–Trinajstić information content (AvgIpc) is 3.18. The van der Waals surface area contributed by atoms with E-state index in [1.54, 1.807) is 56.3 Å². The highest BCUT2D eigenvalue weighted by atomic mass is 16.5. The number of hydrogen-bond donors (Lipinski definition) is 2. The van der Waals surface area contributed by atoms with Gasteiger partial charge in [0.15, 0.2) is 11.9 Å². The first-order valence-electron chi connectivity index (χ1n) is 8.61. The number of hydrogen-bond acceptors (Lipinski definition) is 6. The Morgan fingerprint density at radius 1 is 1.14 bits per heavy atom. The molecule has 2 aromatic heterocycles. The van der Waals surface area contributed by atoms with Crippen LogP contribution in [-0.4, -0.2) is 29.0 Å². The predicted molar refractivity (Wildman–Crippen MR) is 101 cm³/mol. The van der Waals surface area contributed by atoms with Crippen LogP contribution in [0.5, 0.6) is 0 Å². The molecule has 0 unspecified atom stereocenters. The molecule has 3 aromatic rings. The number of rotatable bonds is 5. The Morgan fingerprint density at radius 3 is 2.54 bits per heavy atom. The Balaban J connectivity index is 2.00. The molecule has 0 bridgehead atoms. The Morgan fingerprint density at radius 2 is 1.89 bits per heavy atom. The third kappa shape index (κ3) is 4.01. The molecule has 0 spiro atoms. The van der Waals surface area contributed by atoms with Crippen molar-refractivity contribution < 1.29 is 23.5 Å². The van der Waals surface area contributed by atoms with Gasteiger partial charge in [0.1, 0.15) is 5.69 Å². The fraction of sp³-hybridized carbons (Fsp3) is 0.200. The molecule has 8 nitrogen and oxygen atoms in total. The molecule has 0 aliphatic heterocycles. The van der Waals surface area contributed by atoms with Crippen molar-refractivity contribution in [3.8, 4) is 11.5 Å². The maximum Gasteiger partial charge on any atom is 0.339 e. The van der Waals surface area contributed by atoms with Crippen LogP contribution in [0.25, 0.3) is 22.4 Å². The van der Waals surface area contributed by atoms with Gasteiger partial charge in [-0.25, -0.2) is 14.6 Å². The van der Waals surface area contributed by atoms with Crippen LogP contribution in [0.2, 0.25) is 0 Å². The standard InChI is InChI=1S/C20H19N3O5/c1-11(2)17(18(24)23-20(21)26)28-19(25)13-10-15(16-8-5-9-27-16)22-14-7-4-3-6-12(13)14/h3-11,17H,1-2H3,(H3,21,23,24,26)/t17-/m1/s1. The van der Waals surface area contributed by atoms with Gasteiger partial charge in [0.2, 0.25) is 0 Å². The normalized spacial score (nSPS) is 12.0. The smallest absolute Gasteiger partial charge is 0.339 e. The van der Waals surface area contributed by atoms with Crippen molar-refractivity contribution in [2.75, 3.05) is 0 Å². The number of amides is 3. The summed E-state index contributed by atoms with van der Waals surface area (Å²) in [7, 11) is 0. The number of carbonyl (C=O) groups is 3. The number of nitrogens with zero attached hydrogens (tertiary/aromatic N) is 1. The van der Waals surface area contributed by atoms with Crippen LogP contribution in [0.3, 0.4) is 0 Å². The summed E-state index contributed by atoms with van der Waals surface area (Å²) in [6, 6.07) is 11.0. The molecule has 0 fully saturated rings. The van der Waals surface area contributed by atoms with Crippen LogP contribution in [0, 0.1) is 5.92 Å². The number of urea groups is 1. The van der Waals surface area contributed by atoms with E-state index in [-0.39, 0.29) is 11.5 Å². The lowest BCUT2D eigenvalue weighted by Crippen LogP contribution is -2.45. The van der Waals surface area contributed by atoms with Gasteiger partial charge in [-0.05, 0) is 30.2 Å². The molecule has 28 heavy (non-hydrogen) atoms. The van der Waals surface area contributed by atoms with Gasteiger partial charge in [-0.3, -0.25) is 10.1 Å². The molecule has 144 valence electrons. The number of pyridine rings is 1. The predicted octanol–water partition coefficient (Wildman–Crippen LogP) is 2.87. The molecule has 3 rings (SSSR count). The fourth-order valence-corrected chi connectivity index (χ4v) is 2.76. The molecule has 2 heterocycles. The molecule has 1 atom stereocenters. The third-order valence-electron chi connectivity index (χ3n) is 4.05. The highest BCUT2D eigenvalue weighted by Gasteiger charge is 2.29. The van der Waals surface area contributed by atoms with E-state index in [2.05, 4.69) is 4.98 Å². The molecular formula is C20H19N3O5. The van der Waals surface area contributed by atoms with Crippen molar-refractivity contribution in [1.29, 1.82) is 0 Å². The van der Waals surface area contributed by atoms with Crippen LogP contribution in [0.15, 0.2) is 53.1 Å². The van der Waals surface area contributed by atoms with Crippen molar-refractivity contribution >= 4 is 28.8 Å².